The standard InChI is InChI=1S/C20H21N3O3S3/c1-14-18(28-20(22-14)17-5-4-12-27-17)13-21-19(24)15-6-8-16(9-7-15)29(25,26)23-10-2-3-11-23/h4-9,12H,2-3,10-11,13H2,1H3,(H,21,24). The summed E-state index contributed by atoms with van der Waals surface area (Å²) in [6, 6.07) is 10.2. The van der Waals surface area contributed by atoms with Crippen LogP contribution in [-0.2, 0) is 16.6 Å². The number of benzene rings is 1. The Hall–Kier alpha value is -2.07. The zero-order valence-electron chi connectivity index (χ0n) is 15.9. The van der Waals surface area contributed by atoms with E-state index in [9.17, 15) is 13.2 Å². The van der Waals surface area contributed by atoms with Crippen LogP contribution in [0.3, 0.4) is 0 Å². The van der Waals surface area contributed by atoms with Gasteiger partial charge in [0.1, 0.15) is 5.01 Å². The van der Waals surface area contributed by atoms with Crippen molar-refractivity contribution in [3.8, 4) is 9.88 Å². The normalized spacial score (nSPS) is 14.9. The smallest absolute Gasteiger partial charge is 0.251 e. The molecule has 9 heteroatoms. The molecule has 3 aromatic rings. The molecule has 1 N–H and O–H groups in total. The fraction of sp³-hybridized carbons (Fsp3) is 0.300. The molecule has 0 atom stereocenters. The van der Waals surface area contributed by atoms with E-state index in [1.54, 1.807) is 34.8 Å². The van der Waals surface area contributed by atoms with E-state index in [1.807, 2.05) is 24.4 Å². The van der Waals surface area contributed by atoms with E-state index in [0.29, 0.717) is 25.2 Å². The van der Waals surface area contributed by atoms with Crippen LogP contribution in [0.25, 0.3) is 9.88 Å². The predicted octanol–water partition coefficient (Wildman–Crippen LogP) is 3.89. The molecule has 0 spiro atoms. The summed E-state index contributed by atoms with van der Waals surface area (Å²) >= 11 is 3.21. The maximum absolute atomic E-state index is 12.6. The van der Waals surface area contributed by atoms with Crippen molar-refractivity contribution in [3.05, 3.63) is 57.9 Å². The van der Waals surface area contributed by atoms with E-state index < -0.39 is 10.0 Å². The van der Waals surface area contributed by atoms with Gasteiger partial charge in [-0.05, 0) is 55.5 Å². The van der Waals surface area contributed by atoms with Gasteiger partial charge in [-0.1, -0.05) is 6.07 Å². The quantitative estimate of drug-likeness (QED) is 0.622. The summed E-state index contributed by atoms with van der Waals surface area (Å²) in [5.74, 6) is -0.236. The molecule has 1 aliphatic rings. The van der Waals surface area contributed by atoms with Crippen LogP contribution in [-0.4, -0.2) is 36.7 Å². The number of aryl methyl sites for hydroxylation is 1. The minimum Gasteiger partial charge on any atom is -0.347 e. The summed E-state index contributed by atoms with van der Waals surface area (Å²) in [7, 11) is -3.46. The van der Waals surface area contributed by atoms with Crippen LogP contribution in [0.15, 0.2) is 46.7 Å². The van der Waals surface area contributed by atoms with Gasteiger partial charge in [0.25, 0.3) is 5.91 Å². The summed E-state index contributed by atoms with van der Waals surface area (Å²) in [5.41, 5.74) is 1.34. The molecule has 0 saturated carbocycles. The molecule has 1 amide bonds. The number of hydrogen-bond donors (Lipinski definition) is 1. The largest absolute Gasteiger partial charge is 0.347 e. The summed E-state index contributed by atoms with van der Waals surface area (Å²) < 4.78 is 26.7. The second kappa shape index (κ2) is 8.35. The molecule has 1 aliphatic heterocycles. The van der Waals surface area contributed by atoms with E-state index in [0.717, 1.165) is 33.3 Å². The molecular formula is C20H21N3O3S3. The average Bonchev–Trinajstić information content (AvgIpc) is 3.47. The minimum absolute atomic E-state index is 0.231. The molecule has 1 aromatic carbocycles. The topological polar surface area (TPSA) is 79.4 Å². The van der Waals surface area contributed by atoms with Crippen LogP contribution in [0.1, 0.15) is 33.8 Å². The van der Waals surface area contributed by atoms with Gasteiger partial charge in [0, 0.05) is 23.5 Å². The van der Waals surface area contributed by atoms with Crippen LogP contribution in [0.4, 0.5) is 0 Å². The first-order valence-electron chi connectivity index (χ1n) is 9.34. The number of thiophene rings is 1. The second-order valence-corrected chi connectivity index (χ2v) is 10.8. The molecule has 0 radical (unpaired) electrons. The molecule has 4 rings (SSSR count). The van der Waals surface area contributed by atoms with Gasteiger partial charge in [-0.25, -0.2) is 13.4 Å². The Bertz CT molecular complexity index is 1100. The Morgan fingerprint density at radius 2 is 1.90 bits per heavy atom. The number of aromatic nitrogens is 1. The average molecular weight is 448 g/mol. The van der Waals surface area contributed by atoms with E-state index in [1.165, 1.54) is 16.4 Å². The zero-order chi connectivity index (χ0) is 20.4. The van der Waals surface area contributed by atoms with Gasteiger partial charge < -0.3 is 5.32 Å². The highest BCUT2D eigenvalue weighted by molar-refractivity contribution is 7.89. The number of nitrogens with zero attached hydrogens (tertiary/aromatic N) is 2. The number of rotatable bonds is 6. The third kappa shape index (κ3) is 4.28. The Morgan fingerprint density at radius 1 is 1.17 bits per heavy atom. The van der Waals surface area contributed by atoms with Gasteiger partial charge >= 0.3 is 0 Å². The van der Waals surface area contributed by atoms with Crippen LogP contribution >= 0.6 is 22.7 Å². The van der Waals surface area contributed by atoms with Gasteiger partial charge in [-0.15, -0.1) is 22.7 Å². The first-order chi connectivity index (χ1) is 13.9. The number of hydrogen-bond acceptors (Lipinski definition) is 6. The van der Waals surface area contributed by atoms with Crippen molar-refractivity contribution in [1.82, 2.24) is 14.6 Å². The van der Waals surface area contributed by atoms with Gasteiger partial charge in [0.15, 0.2) is 0 Å². The summed E-state index contributed by atoms with van der Waals surface area (Å²) in [6.07, 6.45) is 1.79. The van der Waals surface area contributed by atoms with Crippen molar-refractivity contribution in [3.63, 3.8) is 0 Å². The predicted molar refractivity (Wildman–Crippen MR) is 116 cm³/mol. The Labute approximate surface area is 178 Å². The van der Waals surface area contributed by atoms with E-state index in [2.05, 4.69) is 10.3 Å². The van der Waals surface area contributed by atoms with Crippen LogP contribution < -0.4 is 5.32 Å². The summed E-state index contributed by atoms with van der Waals surface area (Å²) in [4.78, 5) is 19.4. The van der Waals surface area contributed by atoms with Gasteiger partial charge in [0.2, 0.25) is 10.0 Å². The lowest BCUT2D eigenvalue weighted by Crippen LogP contribution is -2.28. The Kier molecular flexibility index (Phi) is 5.82. The first kappa shape index (κ1) is 20.2. The monoisotopic (exact) mass is 447 g/mol. The molecule has 1 saturated heterocycles. The van der Waals surface area contributed by atoms with Crippen LogP contribution in [0.5, 0.6) is 0 Å². The maximum Gasteiger partial charge on any atom is 0.251 e. The maximum atomic E-state index is 12.6. The molecular weight excluding hydrogens is 426 g/mol. The lowest BCUT2D eigenvalue weighted by atomic mass is 10.2. The van der Waals surface area contributed by atoms with Crippen molar-refractivity contribution in [2.75, 3.05) is 13.1 Å². The molecule has 2 aromatic heterocycles. The molecule has 0 bridgehead atoms. The van der Waals surface area contributed by atoms with Crippen molar-refractivity contribution in [1.29, 1.82) is 0 Å². The number of sulfonamides is 1. The van der Waals surface area contributed by atoms with E-state index in [4.69, 9.17) is 0 Å². The highest BCUT2D eigenvalue weighted by Gasteiger charge is 2.27. The highest BCUT2D eigenvalue weighted by atomic mass is 32.2. The molecule has 6 nitrogen and oxygen atoms in total. The Morgan fingerprint density at radius 3 is 2.55 bits per heavy atom. The van der Waals surface area contributed by atoms with Gasteiger partial charge in [-0.2, -0.15) is 4.31 Å². The third-order valence-electron chi connectivity index (χ3n) is 4.85. The fourth-order valence-electron chi connectivity index (χ4n) is 3.22. The number of amides is 1. The number of thiazole rings is 1. The summed E-state index contributed by atoms with van der Waals surface area (Å²) in [5, 5.41) is 5.87. The number of nitrogens with one attached hydrogen (secondary N) is 1. The molecule has 0 aliphatic carbocycles. The first-order valence-corrected chi connectivity index (χ1v) is 12.5. The lowest BCUT2D eigenvalue weighted by Gasteiger charge is -2.15. The minimum atomic E-state index is -3.46. The second-order valence-electron chi connectivity index (χ2n) is 6.82. The molecule has 0 unspecified atom stereocenters. The number of carbonyl (C=O) groups excluding carboxylic acids is 1. The third-order valence-corrected chi connectivity index (χ3v) is 8.96. The Balaban J connectivity index is 1.42. The van der Waals surface area contributed by atoms with Gasteiger partial charge in [0.05, 0.1) is 22.0 Å². The van der Waals surface area contributed by atoms with Crippen molar-refractivity contribution in [2.24, 2.45) is 0 Å². The SMILES string of the molecule is Cc1nc(-c2cccs2)sc1CNC(=O)c1ccc(S(=O)(=O)N2CCCC2)cc1. The van der Waals surface area contributed by atoms with Crippen molar-refractivity contribution in [2.45, 2.75) is 31.2 Å². The van der Waals surface area contributed by atoms with E-state index >= 15 is 0 Å². The highest BCUT2D eigenvalue weighted by Crippen LogP contribution is 2.31. The molecule has 29 heavy (non-hydrogen) atoms. The lowest BCUT2D eigenvalue weighted by molar-refractivity contribution is 0.0951. The molecule has 152 valence electrons. The zero-order valence-corrected chi connectivity index (χ0v) is 18.4. The molecule has 1 fully saturated rings. The number of carbonyl (C=O) groups is 1. The summed E-state index contributed by atoms with van der Waals surface area (Å²) in [6.45, 7) is 3.45. The fourth-order valence-corrected chi connectivity index (χ4v) is 6.53. The van der Waals surface area contributed by atoms with Crippen molar-refractivity contribution >= 4 is 38.6 Å². The van der Waals surface area contributed by atoms with Crippen LogP contribution in [0.2, 0.25) is 0 Å². The van der Waals surface area contributed by atoms with Crippen molar-refractivity contribution < 1.29 is 13.2 Å². The van der Waals surface area contributed by atoms with Gasteiger partial charge in [-0.3, -0.25) is 4.79 Å². The molecule has 3 heterocycles. The van der Waals surface area contributed by atoms with Crippen LogP contribution in [0, 0.1) is 6.92 Å². The van der Waals surface area contributed by atoms with E-state index in [-0.39, 0.29) is 10.8 Å².